The number of halogens is 1. The molecule has 0 unspecified atom stereocenters. The monoisotopic (exact) mass is 120 g/mol. The molecule has 0 saturated heterocycles. The lowest BCUT2D eigenvalue weighted by Gasteiger charge is -1.94. The maximum atomic E-state index is 11.1. The molecule has 0 saturated carbocycles. The summed E-state index contributed by atoms with van der Waals surface area (Å²) in [5, 5.41) is 0. The van der Waals surface area contributed by atoms with E-state index in [1.165, 1.54) is 0 Å². The summed E-state index contributed by atoms with van der Waals surface area (Å²) in [6.45, 7) is 0.832. The molecular formula is C5H9FO2. The third-order valence-corrected chi connectivity index (χ3v) is 0.670. The van der Waals surface area contributed by atoms with Gasteiger partial charge in [0.25, 0.3) is 0 Å². The zero-order chi connectivity index (χ0) is 6.41. The van der Waals surface area contributed by atoms with Gasteiger partial charge in [0.15, 0.2) is 0 Å². The second-order valence-electron chi connectivity index (χ2n) is 1.38. The number of ether oxygens (including phenoxy) is 1. The standard InChI is InChI=1S/C5H9FO2/c1-2-3-5(7)8-4-6/h2-4H2,1H3. The molecular weight excluding hydrogens is 111 g/mol. The first-order valence-corrected chi connectivity index (χ1v) is 2.52. The molecule has 0 aromatic rings. The first-order chi connectivity index (χ1) is 3.81. The summed E-state index contributed by atoms with van der Waals surface area (Å²) in [5.41, 5.74) is 0. The van der Waals surface area contributed by atoms with Crippen LogP contribution in [0.4, 0.5) is 4.39 Å². The van der Waals surface area contributed by atoms with Crippen LogP contribution in [0.3, 0.4) is 0 Å². The van der Waals surface area contributed by atoms with E-state index in [9.17, 15) is 9.18 Å². The van der Waals surface area contributed by atoms with Crippen LogP contribution in [0.15, 0.2) is 0 Å². The SMILES string of the molecule is CCCC(=O)OCF. The van der Waals surface area contributed by atoms with Crippen molar-refractivity contribution in [2.75, 3.05) is 6.86 Å². The van der Waals surface area contributed by atoms with E-state index in [1.807, 2.05) is 6.92 Å². The van der Waals surface area contributed by atoms with Crippen molar-refractivity contribution in [2.24, 2.45) is 0 Å². The second-order valence-corrected chi connectivity index (χ2v) is 1.38. The van der Waals surface area contributed by atoms with Crippen molar-refractivity contribution in [1.82, 2.24) is 0 Å². The molecule has 0 aromatic heterocycles. The van der Waals surface area contributed by atoms with Crippen molar-refractivity contribution < 1.29 is 13.9 Å². The summed E-state index contributed by atoms with van der Waals surface area (Å²) in [5.74, 6) is -0.463. The van der Waals surface area contributed by atoms with Crippen LogP contribution in [0.2, 0.25) is 0 Å². The Kier molecular flexibility index (Phi) is 4.21. The fourth-order valence-corrected chi connectivity index (χ4v) is 0.337. The topological polar surface area (TPSA) is 26.3 Å². The average molecular weight is 120 g/mol. The lowest BCUT2D eigenvalue weighted by molar-refractivity contribution is -0.147. The van der Waals surface area contributed by atoms with E-state index in [0.29, 0.717) is 12.8 Å². The number of rotatable bonds is 3. The smallest absolute Gasteiger partial charge is 0.308 e. The Morgan fingerprint density at radius 3 is 2.75 bits per heavy atom. The molecule has 0 atom stereocenters. The quantitative estimate of drug-likeness (QED) is 0.524. The van der Waals surface area contributed by atoms with Crippen LogP contribution in [-0.4, -0.2) is 12.8 Å². The number of alkyl halides is 1. The van der Waals surface area contributed by atoms with Gasteiger partial charge in [-0.05, 0) is 6.42 Å². The Bertz CT molecular complexity index is 64.8. The molecule has 3 heteroatoms. The lowest BCUT2D eigenvalue weighted by atomic mass is 10.3. The minimum Gasteiger partial charge on any atom is -0.434 e. The maximum absolute atomic E-state index is 11.1. The maximum Gasteiger partial charge on any atom is 0.308 e. The molecule has 0 aromatic carbocycles. The van der Waals surface area contributed by atoms with Gasteiger partial charge in [0.05, 0.1) is 0 Å². The van der Waals surface area contributed by atoms with Crippen LogP contribution >= 0.6 is 0 Å². The number of esters is 1. The van der Waals surface area contributed by atoms with Gasteiger partial charge in [0.2, 0.25) is 6.86 Å². The molecule has 0 amide bonds. The molecule has 0 heterocycles. The van der Waals surface area contributed by atoms with Crippen LogP contribution in [0.1, 0.15) is 19.8 Å². The van der Waals surface area contributed by atoms with E-state index < -0.39 is 12.8 Å². The van der Waals surface area contributed by atoms with E-state index in [0.717, 1.165) is 0 Å². The number of hydrogen-bond donors (Lipinski definition) is 0. The van der Waals surface area contributed by atoms with Gasteiger partial charge in [-0.1, -0.05) is 6.92 Å². The molecule has 0 spiro atoms. The van der Waals surface area contributed by atoms with E-state index in [4.69, 9.17) is 0 Å². The van der Waals surface area contributed by atoms with Gasteiger partial charge in [-0.3, -0.25) is 4.79 Å². The zero-order valence-electron chi connectivity index (χ0n) is 4.82. The average Bonchev–Trinajstić information content (AvgIpc) is 1.68. The predicted molar refractivity (Wildman–Crippen MR) is 27.0 cm³/mol. The molecule has 8 heavy (non-hydrogen) atoms. The number of carbonyl (C=O) groups is 1. The summed E-state index contributed by atoms with van der Waals surface area (Å²) < 4.78 is 15.1. The van der Waals surface area contributed by atoms with Crippen LogP contribution < -0.4 is 0 Å². The van der Waals surface area contributed by atoms with E-state index >= 15 is 0 Å². The second kappa shape index (κ2) is 4.56. The highest BCUT2D eigenvalue weighted by Gasteiger charge is 1.96. The summed E-state index contributed by atoms with van der Waals surface area (Å²) in [4.78, 5) is 10.2. The summed E-state index contributed by atoms with van der Waals surface area (Å²) >= 11 is 0. The normalized spacial score (nSPS) is 8.75. The zero-order valence-corrected chi connectivity index (χ0v) is 4.82. The molecule has 0 bridgehead atoms. The van der Waals surface area contributed by atoms with Gasteiger partial charge in [-0.2, -0.15) is 0 Å². The van der Waals surface area contributed by atoms with Gasteiger partial charge >= 0.3 is 5.97 Å². The predicted octanol–water partition coefficient (Wildman–Crippen LogP) is 1.26. The highest BCUT2D eigenvalue weighted by atomic mass is 19.1. The minimum absolute atomic E-state index is 0.309. The Morgan fingerprint density at radius 2 is 2.38 bits per heavy atom. The van der Waals surface area contributed by atoms with Crippen LogP contribution in [-0.2, 0) is 9.53 Å². The molecule has 0 N–H and O–H groups in total. The number of carbonyl (C=O) groups excluding carboxylic acids is 1. The third-order valence-electron chi connectivity index (χ3n) is 0.670. The molecule has 0 radical (unpaired) electrons. The minimum atomic E-state index is -1.00. The Balaban J connectivity index is 3.06. The van der Waals surface area contributed by atoms with Crippen molar-refractivity contribution in [3.63, 3.8) is 0 Å². The number of hydrogen-bond acceptors (Lipinski definition) is 2. The first-order valence-electron chi connectivity index (χ1n) is 2.52. The molecule has 0 aliphatic heterocycles. The molecule has 0 aliphatic rings. The highest BCUT2D eigenvalue weighted by molar-refractivity contribution is 5.69. The molecule has 0 fully saturated rings. The van der Waals surface area contributed by atoms with Gasteiger partial charge < -0.3 is 4.74 Å². The van der Waals surface area contributed by atoms with Crippen molar-refractivity contribution in [2.45, 2.75) is 19.8 Å². The lowest BCUT2D eigenvalue weighted by Crippen LogP contribution is -2.01. The van der Waals surface area contributed by atoms with E-state index in [2.05, 4.69) is 4.74 Å². The van der Waals surface area contributed by atoms with Crippen LogP contribution in [0.25, 0.3) is 0 Å². The highest BCUT2D eigenvalue weighted by Crippen LogP contribution is 1.89. The van der Waals surface area contributed by atoms with Gasteiger partial charge in [-0.15, -0.1) is 0 Å². The summed E-state index contributed by atoms with van der Waals surface area (Å²) in [7, 11) is 0. The Hall–Kier alpha value is -0.600. The van der Waals surface area contributed by atoms with Gasteiger partial charge in [0, 0.05) is 6.42 Å². The largest absolute Gasteiger partial charge is 0.434 e. The third kappa shape index (κ3) is 3.59. The molecule has 48 valence electrons. The molecule has 2 nitrogen and oxygen atoms in total. The van der Waals surface area contributed by atoms with E-state index in [-0.39, 0.29) is 0 Å². The Morgan fingerprint density at radius 1 is 1.75 bits per heavy atom. The fraction of sp³-hybridized carbons (Fsp3) is 0.800. The van der Waals surface area contributed by atoms with Gasteiger partial charge in [0.1, 0.15) is 0 Å². The summed E-state index contributed by atoms with van der Waals surface area (Å²) in [6.07, 6.45) is 1.02. The van der Waals surface area contributed by atoms with E-state index in [1.54, 1.807) is 0 Å². The molecule has 0 rings (SSSR count). The first kappa shape index (κ1) is 7.40. The van der Waals surface area contributed by atoms with Crippen molar-refractivity contribution in [1.29, 1.82) is 0 Å². The van der Waals surface area contributed by atoms with Crippen molar-refractivity contribution >= 4 is 5.97 Å². The van der Waals surface area contributed by atoms with Gasteiger partial charge in [-0.25, -0.2) is 4.39 Å². The molecule has 0 aliphatic carbocycles. The van der Waals surface area contributed by atoms with Crippen LogP contribution in [0, 0.1) is 0 Å². The fourth-order valence-electron chi connectivity index (χ4n) is 0.337. The van der Waals surface area contributed by atoms with Crippen molar-refractivity contribution in [3.05, 3.63) is 0 Å². The van der Waals surface area contributed by atoms with Crippen molar-refractivity contribution in [3.8, 4) is 0 Å². The van der Waals surface area contributed by atoms with Crippen LogP contribution in [0.5, 0.6) is 0 Å². The Labute approximate surface area is 47.6 Å². The summed E-state index contributed by atoms with van der Waals surface area (Å²) in [6, 6.07) is 0.